The molecule has 2 heterocycles. The number of nitrogens with zero attached hydrogens (tertiary/aromatic N) is 4. The lowest BCUT2D eigenvalue weighted by atomic mass is 9.97. The fourth-order valence-corrected chi connectivity index (χ4v) is 5.23. The summed E-state index contributed by atoms with van der Waals surface area (Å²) >= 11 is 0. The smallest absolute Gasteiger partial charge is 0.320 e. The van der Waals surface area contributed by atoms with Crippen LogP contribution in [0, 0.1) is 6.92 Å². The maximum Gasteiger partial charge on any atom is 0.320 e. The Labute approximate surface area is 197 Å². The minimum absolute atomic E-state index is 0.219. The third-order valence-corrected chi connectivity index (χ3v) is 7.12. The van der Waals surface area contributed by atoms with Gasteiger partial charge in [-0.2, -0.15) is 10.2 Å². The van der Waals surface area contributed by atoms with E-state index >= 15 is 0 Å². The van der Waals surface area contributed by atoms with E-state index in [0.29, 0.717) is 5.82 Å². The average Bonchev–Trinajstić information content (AvgIpc) is 3.38. The second-order valence-corrected chi connectivity index (χ2v) is 9.24. The van der Waals surface area contributed by atoms with E-state index in [9.17, 15) is 9.90 Å². The first kappa shape index (κ1) is 20.7. The molecule has 0 bridgehead atoms. The highest BCUT2D eigenvalue weighted by molar-refractivity contribution is 5.91. The molecule has 8 heteroatoms. The van der Waals surface area contributed by atoms with Gasteiger partial charge in [-0.3, -0.25) is 10.00 Å². The van der Waals surface area contributed by atoms with Gasteiger partial charge in [0.1, 0.15) is 11.5 Å². The summed E-state index contributed by atoms with van der Waals surface area (Å²) in [5.41, 5.74) is 5.20. The molecule has 0 aliphatic heterocycles. The molecule has 1 spiro atoms. The minimum atomic E-state index is -0.637. The van der Waals surface area contributed by atoms with Gasteiger partial charge in [-0.05, 0) is 43.0 Å². The fraction of sp³-hybridized carbons (Fsp3) is 0.269. The van der Waals surface area contributed by atoms with Crippen LogP contribution in [0.25, 0.3) is 16.9 Å². The fourth-order valence-electron chi connectivity index (χ4n) is 5.23. The van der Waals surface area contributed by atoms with Crippen LogP contribution in [0.5, 0.6) is 0 Å². The Morgan fingerprint density at radius 2 is 1.85 bits per heavy atom. The van der Waals surface area contributed by atoms with Crippen molar-refractivity contribution in [2.45, 2.75) is 37.3 Å². The summed E-state index contributed by atoms with van der Waals surface area (Å²) in [4.78, 5) is 13.2. The number of benzene rings is 2. The molecule has 34 heavy (non-hydrogen) atoms. The maximum atomic E-state index is 13.2. The molecular formula is C26H26N6O2. The molecule has 3 N–H and O–H groups in total. The third-order valence-electron chi connectivity index (χ3n) is 7.12. The van der Waals surface area contributed by atoms with E-state index in [0.717, 1.165) is 46.5 Å². The van der Waals surface area contributed by atoms with Crippen molar-refractivity contribution in [3.8, 4) is 16.9 Å². The van der Waals surface area contributed by atoms with E-state index in [2.05, 4.69) is 21.8 Å². The van der Waals surface area contributed by atoms with Crippen LogP contribution in [0.4, 0.5) is 10.6 Å². The van der Waals surface area contributed by atoms with Crippen molar-refractivity contribution < 1.29 is 9.90 Å². The first-order valence-corrected chi connectivity index (χ1v) is 11.5. The summed E-state index contributed by atoms with van der Waals surface area (Å²) < 4.78 is 3.46. The van der Waals surface area contributed by atoms with Crippen LogP contribution < -0.4 is 10.6 Å². The van der Waals surface area contributed by atoms with Crippen LogP contribution in [0.1, 0.15) is 35.6 Å². The van der Waals surface area contributed by atoms with Crippen LogP contribution >= 0.6 is 0 Å². The van der Waals surface area contributed by atoms with Crippen LogP contribution in [-0.2, 0) is 12.5 Å². The zero-order valence-corrected chi connectivity index (χ0v) is 19.1. The van der Waals surface area contributed by atoms with Gasteiger partial charge in [0.15, 0.2) is 0 Å². The number of rotatable bonds is 4. The Morgan fingerprint density at radius 3 is 2.56 bits per heavy atom. The van der Waals surface area contributed by atoms with Crippen molar-refractivity contribution in [2.24, 2.45) is 7.05 Å². The Morgan fingerprint density at radius 1 is 1.12 bits per heavy atom. The normalized spacial score (nSPS) is 19.7. The highest BCUT2D eigenvalue weighted by Gasteiger charge is 2.59. The van der Waals surface area contributed by atoms with E-state index in [-0.39, 0.29) is 11.4 Å². The number of para-hydroxylation sites is 1. The largest absolute Gasteiger partial charge is 0.390 e. The van der Waals surface area contributed by atoms with Gasteiger partial charge in [-0.25, -0.2) is 9.48 Å². The SMILES string of the molecule is Cc1c(-c2cnn(C)c2)nn(-c2ccccc2)c1NC(=O)N[C@H]1c2ccccc2C2(CC2)[C@@H]1O. The number of carbonyl (C=O) groups excluding carboxylic acids is 1. The molecule has 1 saturated carbocycles. The standard InChI is InChI=1S/C26H26N6O2/c1-16-21(17-14-27-31(2)15-17)30-32(18-8-4-3-5-9-18)24(16)29-25(34)28-22-19-10-6-7-11-20(19)26(12-13-26)23(22)33/h3-11,14-15,22-23,33H,12-13H2,1-2H3,(H2,28,29,34)/t22-,23+/m0/s1. The number of urea groups is 1. The number of fused-ring (bicyclic) bond motifs is 2. The van der Waals surface area contributed by atoms with Crippen LogP contribution in [0.3, 0.4) is 0 Å². The first-order chi connectivity index (χ1) is 16.5. The van der Waals surface area contributed by atoms with Crippen LogP contribution in [0.2, 0.25) is 0 Å². The van der Waals surface area contributed by atoms with Crippen molar-refractivity contribution in [3.05, 3.63) is 83.7 Å². The minimum Gasteiger partial charge on any atom is -0.390 e. The zero-order chi connectivity index (χ0) is 23.4. The van der Waals surface area contributed by atoms with Gasteiger partial charge in [0, 0.05) is 29.8 Å². The predicted octanol–water partition coefficient (Wildman–Crippen LogP) is 3.85. The second-order valence-electron chi connectivity index (χ2n) is 9.24. The lowest BCUT2D eigenvalue weighted by Crippen LogP contribution is -2.39. The van der Waals surface area contributed by atoms with Gasteiger partial charge in [0.2, 0.25) is 0 Å². The van der Waals surface area contributed by atoms with Gasteiger partial charge in [0.25, 0.3) is 0 Å². The van der Waals surface area contributed by atoms with E-state index in [1.165, 1.54) is 0 Å². The monoisotopic (exact) mass is 454 g/mol. The molecule has 0 saturated heterocycles. The molecule has 4 aromatic rings. The topological polar surface area (TPSA) is 97.0 Å². The molecule has 2 aliphatic rings. The lowest BCUT2D eigenvalue weighted by molar-refractivity contribution is 0.109. The number of anilines is 1. The number of aromatic nitrogens is 4. The van der Waals surface area contributed by atoms with Crippen molar-refractivity contribution in [3.63, 3.8) is 0 Å². The summed E-state index contributed by atoms with van der Waals surface area (Å²) in [5.74, 6) is 0.574. The lowest BCUT2D eigenvalue weighted by Gasteiger charge is -2.21. The number of amides is 2. The van der Waals surface area contributed by atoms with Crippen molar-refractivity contribution in [1.82, 2.24) is 24.9 Å². The average molecular weight is 455 g/mol. The Hall–Kier alpha value is -3.91. The van der Waals surface area contributed by atoms with Crippen LogP contribution in [-0.4, -0.2) is 36.8 Å². The van der Waals surface area contributed by atoms with Crippen LogP contribution in [0.15, 0.2) is 67.0 Å². The first-order valence-electron chi connectivity index (χ1n) is 11.5. The van der Waals surface area contributed by atoms with Crippen molar-refractivity contribution >= 4 is 11.8 Å². The second kappa shape index (κ2) is 7.56. The number of aliphatic hydroxyl groups is 1. The van der Waals surface area contributed by atoms with E-state index in [1.807, 2.05) is 68.7 Å². The summed E-state index contributed by atoms with van der Waals surface area (Å²) in [6, 6.07) is 16.9. The number of hydrogen-bond acceptors (Lipinski definition) is 4. The van der Waals surface area contributed by atoms with E-state index < -0.39 is 12.1 Å². The quantitative estimate of drug-likeness (QED) is 0.436. The summed E-state index contributed by atoms with van der Waals surface area (Å²) in [6.45, 7) is 1.93. The highest BCUT2D eigenvalue weighted by Crippen LogP contribution is 2.59. The molecule has 2 atom stereocenters. The van der Waals surface area contributed by atoms with Gasteiger partial charge in [-0.1, -0.05) is 42.5 Å². The summed E-state index contributed by atoms with van der Waals surface area (Å²) in [6.07, 6.45) is 4.91. The summed E-state index contributed by atoms with van der Waals surface area (Å²) in [7, 11) is 1.86. The molecule has 2 amide bonds. The summed E-state index contributed by atoms with van der Waals surface area (Å²) in [5, 5.41) is 26.2. The Kier molecular flexibility index (Phi) is 4.60. The number of aryl methyl sites for hydroxylation is 1. The molecule has 0 radical (unpaired) electrons. The van der Waals surface area contributed by atoms with Gasteiger partial charge >= 0.3 is 6.03 Å². The molecule has 1 fully saturated rings. The molecule has 2 aromatic heterocycles. The zero-order valence-electron chi connectivity index (χ0n) is 19.1. The number of aliphatic hydroxyl groups excluding tert-OH is 1. The molecule has 2 aromatic carbocycles. The van der Waals surface area contributed by atoms with E-state index in [4.69, 9.17) is 5.10 Å². The maximum absolute atomic E-state index is 13.2. The van der Waals surface area contributed by atoms with Gasteiger partial charge in [-0.15, -0.1) is 0 Å². The molecule has 172 valence electrons. The van der Waals surface area contributed by atoms with Gasteiger partial charge in [0.05, 0.1) is 24.0 Å². The van der Waals surface area contributed by atoms with Crippen molar-refractivity contribution in [1.29, 1.82) is 0 Å². The van der Waals surface area contributed by atoms with E-state index in [1.54, 1.807) is 15.6 Å². The molecule has 6 rings (SSSR count). The number of nitrogens with one attached hydrogen (secondary N) is 2. The molecule has 0 unspecified atom stereocenters. The molecule has 8 nitrogen and oxygen atoms in total. The number of hydrogen-bond donors (Lipinski definition) is 3. The highest BCUT2D eigenvalue weighted by atomic mass is 16.3. The molecular weight excluding hydrogens is 428 g/mol. The third kappa shape index (κ3) is 3.13. The molecule has 2 aliphatic carbocycles. The Bertz CT molecular complexity index is 1390. The number of carbonyl (C=O) groups is 1. The van der Waals surface area contributed by atoms with Gasteiger partial charge < -0.3 is 10.4 Å². The van der Waals surface area contributed by atoms with Crippen molar-refractivity contribution in [2.75, 3.05) is 5.32 Å². The Balaban J connectivity index is 1.33. The predicted molar refractivity (Wildman–Crippen MR) is 129 cm³/mol.